The van der Waals surface area contributed by atoms with Crippen LogP contribution in [-0.4, -0.2) is 37.1 Å². The van der Waals surface area contributed by atoms with Gasteiger partial charge in [-0.2, -0.15) is 13.2 Å². The summed E-state index contributed by atoms with van der Waals surface area (Å²) in [7, 11) is -4.49. The molecule has 0 amide bonds. The standard InChI is InChI=1S/C29H23F3N2O5S/c30-29(31,32)21-8-4-9-23(17-21)40(37,38)34-18-22(13-15-28(35)36)39-27-14-12-20(16-26(27)34)25-11-5-10-24(33-25)19-6-2-1-3-7-19/h1-12,14,16-17,22H,13,15,18H2,(H,35,36). The topological polar surface area (TPSA) is 96.8 Å². The third-order valence-electron chi connectivity index (χ3n) is 6.43. The highest BCUT2D eigenvalue weighted by Crippen LogP contribution is 2.41. The van der Waals surface area contributed by atoms with Gasteiger partial charge in [0.2, 0.25) is 0 Å². The van der Waals surface area contributed by atoms with Crippen LogP contribution in [0.1, 0.15) is 18.4 Å². The Hall–Kier alpha value is -4.38. The lowest BCUT2D eigenvalue weighted by Crippen LogP contribution is -2.43. The van der Waals surface area contributed by atoms with Crippen LogP contribution >= 0.6 is 0 Å². The fourth-order valence-electron chi connectivity index (χ4n) is 4.46. The average molecular weight is 569 g/mol. The summed E-state index contributed by atoms with van der Waals surface area (Å²) in [6.07, 6.45) is -5.83. The Kier molecular flexibility index (Phi) is 7.24. The molecule has 1 aromatic heterocycles. The summed E-state index contributed by atoms with van der Waals surface area (Å²) < 4.78 is 74.6. The Morgan fingerprint density at radius 2 is 1.62 bits per heavy atom. The van der Waals surface area contributed by atoms with Crippen LogP contribution in [0.5, 0.6) is 5.75 Å². The van der Waals surface area contributed by atoms with Crippen molar-refractivity contribution in [2.24, 2.45) is 0 Å². The van der Waals surface area contributed by atoms with Gasteiger partial charge in [-0.3, -0.25) is 9.10 Å². The van der Waals surface area contributed by atoms with E-state index in [0.29, 0.717) is 23.0 Å². The van der Waals surface area contributed by atoms with Gasteiger partial charge in [0.25, 0.3) is 10.0 Å². The van der Waals surface area contributed by atoms with Crippen molar-refractivity contribution in [1.29, 1.82) is 0 Å². The Morgan fingerprint density at radius 3 is 2.33 bits per heavy atom. The Labute approximate surface area is 228 Å². The first-order valence-corrected chi connectivity index (χ1v) is 13.7. The van der Waals surface area contributed by atoms with Crippen LogP contribution in [-0.2, 0) is 21.0 Å². The lowest BCUT2D eigenvalue weighted by atomic mass is 10.1. The predicted octanol–water partition coefficient (Wildman–Crippen LogP) is 6.26. The van der Waals surface area contributed by atoms with Gasteiger partial charge in [-0.1, -0.05) is 42.5 Å². The van der Waals surface area contributed by atoms with Gasteiger partial charge in [0.05, 0.1) is 34.1 Å². The van der Waals surface area contributed by atoms with Gasteiger partial charge in [0.1, 0.15) is 11.9 Å². The third kappa shape index (κ3) is 5.64. The highest BCUT2D eigenvalue weighted by Gasteiger charge is 2.37. The second kappa shape index (κ2) is 10.6. The van der Waals surface area contributed by atoms with E-state index in [0.717, 1.165) is 28.1 Å². The van der Waals surface area contributed by atoms with Crippen molar-refractivity contribution in [3.05, 3.63) is 96.6 Å². The average Bonchev–Trinajstić information content (AvgIpc) is 2.95. The van der Waals surface area contributed by atoms with Crippen LogP contribution in [0.25, 0.3) is 22.5 Å². The number of carbonyl (C=O) groups is 1. The van der Waals surface area contributed by atoms with Crippen molar-refractivity contribution in [2.45, 2.75) is 30.0 Å². The molecule has 11 heteroatoms. The summed E-state index contributed by atoms with van der Waals surface area (Å²) >= 11 is 0. The minimum atomic E-state index is -4.74. The summed E-state index contributed by atoms with van der Waals surface area (Å²) in [6, 6.07) is 23.2. The molecule has 4 aromatic rings. The van der Waals surface area contributed by atoms with Crippen molar-refractivity contribution in [3.8, 4) is 28.3 Å². The molecule has 1 N–H and O–H groups in total. The monoisotopic (exact) mass is 568 g/mol. The fourth-order valence-corrected chi connectivity index (χ4v) is 6.00. The minimum Gasteiger partial charge on any atom is -0.486 e. The third-order valence-corrected chi connectivity index (χ3v) is 8.21. The molecule has 40 heavy (non-hydrogen) atoms. The molecule has 0 fully saturated rings. The van der Waals surface area contributed by atoms with Gasteiger partial charge in [-0.15, -0.1) is 0 Å². The number of aliphatic carboxylic acids is 1. The Bertz CT molecular complexity index is 1660. The van der Waals surface area contributed by atoms with Crippen molar-refractivity contribution in [2.75, 3.05) is 10.8 Å². The maximum atomic E-state index is 13.8. The number of benzene rings is 3. The number of anilines is 1. The zero-order chi connectivity index (χ0) is 28.5. The number of alkyl halides is 3. The Morgan fingerprint density at radius 1 is 0.925 bits per heavy atom. The summed E-state index contributed by atoms with van der Waals surface area (Å²) in [4.78, 5) is 15.3. The molecule has 1 aliphatic rings. The van der Waals surface area contributed by atoms with Gasteiger partial charge in [0.15, 0.2) is 0 Å². The first-order chi connectivity index (χ1) is 19.0. The number of rotatable bonds is 7. The quantitative estimate of drug-likeness (QED) is 0.283. The zero-order valence-electron chi connectivity index (χ0n) is 20.9. The normalized spacial score (nSPS) is 15.3. The smallest absolute Gasteiger partial charge is 0.416 e. The van der Waals surface area contributed by atoms with E-state index in [4.69, 9.17) is 14.8 Å². The maximum Gasteiger partial charge on any atom is 0.416 e. The van der Waals surface area contributed by atoms with Crippen LogP contribution in [0.2, 0.25) is 0 Å². The molecule has 1 aliphatic heterocycles. The number of carboxylic acid groups (broad SMARTS) is 1. The highest BCUT2D eigenvalue weighted by molar-refractivity contribution is 7.92. The van der Waals surface area contributed by atoms with Gasteiger partial charge in [0, 0.05) is 17.5 Å². The largest absolute Gasteiger partial charge is 0.486 e. The van der Waals surface area contributed by atoms with Gasteiger partial charge >= 0.3 is 12.1 Å². The second-order valence-electron chi connectivity index (χ2n) is 9.19. The van der Waals surface area contributed by atoms with Crippen LogP contribution in [0.3, 0.4) is 0 Å². The number of nitrogens with zero attached hydrogens (tertiary/aromatic N) is 2. The van der Waals surface area contributed by atoms with Crippen molar-refractivity contribution < 1.29 is 36.2 Å². The molecule has 5 rings (SSSR count). The predicted molar refractivity (Wildman–Crippen MR) is 142 cm³/mol. The van der Waals surface area contributed by atoms with Crippen molar-refractivity contribution in [3.63, 3.8) is 0 Å². The molecule has 3 aromatic carbocycles. The first-order valence-electron chi connectivity index (χ1n) is 12.3. The summed E-state index contributed by atoms with van der Waals surface area (Å²) in [5, 5.41) is 9.12. The summed E-state index contributed by atoms with van der Waals surface area (Å²) in [5.74, 6) is -0.915. The molecule has 0 spiro atoms. The van der Waals surface area contributed by atoms with Gasteiger partial charge < -0.3 is 9.84 Å². The zero-order valence-corrected chi connectivity index (χ0v) is 21.7. The number of halogens is 3. The number of aromatic nitrogens is 1. The molecule has 0 saturated carbocycles. The molecule has 2 heterocycles. The van der Waals surface area contributed by atoms with E-state index >= 15 is 0 Å². The molecule has 7 nitrogen and oxygen atoms in total. The van der Waals surface area contributed by atoms with E-state index < -0.39 is 38.7 Å². The molecule has 0 bridgehead atoms. The van der Waals surface area contributed by atoms with E-state index in [1.807, 2.05) is 42.5 Å². The number of sulfonamides is 1. The number of fused-ring (bicyclic) bond motifs is 1. The number of hydrogen-bond donors (Lipinski definition) is 1. The Balaban J connectivity index is 1.58. The summed E-state index contributed by atoms with van der Waals surface area (Å²) in [6.45, 7) is -0.278. The second-order valence-corrected chi connectivity index (χ2v) is 11.1. The number of carboxylic acids is 1. The molecule has 0 saturated heterocycles. The van der Waals surface area contributed by atoms with E-state index in [-0.39, 0.29) is 30.8 Å². The number of hydrogen-bond acceptors (Lipinski definition) is 5. The summed E-state index contributed by atoms with van der Waals surface area (Å²) in [5.41, 5.74) is 1.73. The van der Waals surface area contributed by atoms with E-state index in [2.05, 4.69) is 0 Å². The molecule has 0 aliphatic carbocycles. The molecular formula is C29H23F3N2O5S. The van der Waals surface area contributed by atoms with Crippen LogP contribution in [0.15, 0.2) is 95.9 Å². The van der Waals surface area contributed by atoms with Crippen molar-refractivity contribution >= 4 is 21.7 Å². The van der Waals surface area contributed by atoms with E-state index in [9.17, 15) is 26.4 Å². The van der Waals surface area contributed by atoms with Crippen LogP contribution in [0.4, 0.5) is 18.9 Å². The van der Waals surface area contributed by atoms with Gasteiger partial charge in [-0.05, 0) is 55.0 Å². The van der Waals surface area contributed by atoms with Crippen LogP contribution < -0.4 is 9.04 Å². The van der Waals surface area contributed by atoms with E-state index in [1.165, 1.54) is 0 Å². The molecule has 1 unspecified atom stereocenters. The molecule has 0 radical (unpaired) electrons. The number of ether oxygens (including phenoxy) is 1. The molecular weight excluding hydrogens is 545 g/mol. The SMILES string of the molecule is O=C(O)CCC1CN(S(=O)(=O)c2cccc(C(F)(F)F)c2)c2cc(-c3cccc(-c4ccccc4)n3)ccc2O1. The highest BCUT2D eigenvalue weighted by atomic mass is 32.2. The first kappa shape index (κ1) is 27.2. The minimum absolute atomic E-state index is 0.00577. The number of pyridine rings is 1. The lowest BCUT2D eigenvalue weighted by Gasteiger charge is -2.35. The maximum absolute atomic E-state index is 13.8. The lowest BCUT2D eigenvalue weighted by molar-refractivity contribution is -0.138. The van der Waals surface area contributed by atoms with Gasteiger partial charge in [-0.25, -0.2) is 13.4 Å². The molecule has 206 valence electrons. The van der Waals surface area contributed by atoms with Crippen LogP contribution in [0, 0.1) is 0 Å². The van der Waals surface area contributed by atoms with E-state index in [1.54, 1.807) is 24.3 Å². The fraction of sp³-hybridized carbons (Fsp3) is 0.172. The van der Waals surface area contributed by atoms with Crippen molar-refractivity contribution in [1.82, 2.24) is 4.98 Å². The molecule has 1 atom stereocenters.